The van der Waals surface area contributed by atoms with Crippen LogP contribution in [0.1, 0.15) is 11.6 Å². The first-order valence-electron chi connectivity index (χ1n) is 7.60. The lowest BCUT2D eigenvalue weighted by Gasteiger charge is -2.33. The van der Waals surface area contributed by atoms with Gasteiger partial charge in [0.15, 0.2) is 0 Å². The van der Waals surface area contributed by atoms with E-state index in [4.69, 9.17) is 0 Å². The molecular formula is C18H22N2S. The molecule has 1 unspecified atom stereocenters. The first-order valence-corrected chi connectivity index (χ1v) is 8.59. The summed E-state index contributed by atoms with van der Waals surface area (Å²) in [6.07, 6.45) is 0. The van der Waals surface area contributed by atoms with Gasteiger partial charge in [0.2, 0.25) is 0 Å². The topological polar surface area (TPSA) is 15.3 Å². The fraction of sp³-hybridized carbons (Fsp3) is 0.333. The Hall–Kier alpha value is -1.29. The Morgan fingerprint density at radius 2 is 1.71 bits per heavy atom. The standard InChI is InChI=1S/C18H22N2S/c1-3-7-16(8-4-1)18-15-20(12-11-19-18)13-14-21-17-9-5-2-6-10-17/h1-10,18-19H,11-15H2. The normalized spacial score (nSPS) is 19.5. The van der Waals surface area contributed by atoms with E-state index in [1.165, 1.54) is 10.5 Å². The number of hydrogen-bond acceptors (Lipinski definition) is 3. The first-order chi connectivity index (χ1) is 10.4. The van der Waals surface area contributed by atoms with E-state index in [0.717, 1.165) is 31.9 Å². The third kappa shape index (κ3) is 4.34. The van der Waals surface area contributed by atoms with Crippen molar-refractivity contribution < 1.29 is 0 Å². The van der Waals surface area contributed by atoms with Crippen molar-refractivity contribution >= 4 is 11.8 Å². The van der Waals surface area contributed by atoms with Gasteiger partial charge in [0.25, 0.3) is 0 Å². The second-order valence-electron chi connectivity index (χ2n) is 5.38. The summed E-state index contributed by atoms with van der Waals surface area (Å²) in [5.74, 6) is 1.16. The van der Waals surface area contributed by atoms with Gasteiger partial charge in [0.1, 0.15) is 0 Å². The maximum atomic E-state index is 3.63. The van der Waals surface area contributed by atoms with Crippen LogP contribution in [0.3, 0.4) is 0 Å². The summed E-state index contributed by atoms with van der Waals surface area (Å²) in [6.45, 7) is 4.50. The SMILES string of the molecule is c1ccc(SCCN2CCNC(c3ccccc3)C2)cc1. The summed E-state index contributed by atoms with van der Waals surface area (Å²) in [5.41, 5.74) is 1.40. The fourth-order valence-electron chi connectivity index (χ4n) is 2.73. The molecule has 1 atom stereocenters. The lowest BCUT2D eigenvalue weighted by atomic mass is 10.0. The average Bonchev–Trinajstić information content (AvgIpc) is 2.57. The summed E-state index contributed by atoms with van der Waals surface area (Å²) in [4.78, 5) is 3.94. The van der Waals surface area contributed by atoms with E-state index >= 15 is 0 Å². The molecule has 110 valence electrons. The highest BCUT2D eigenvalue weighted by atomic mass is 32.2. The molecule has 21 heavy (non-hydrogen) atoms. The van der Waals surface area contributed by atoms with Gasteiger partial charge in [0.05, 0.1) is 0 Å². The van der Waals surface area contributed by atoms with E-state index in [-0.39, 0.29) is 0 Å². The summed E-state index contributed by atoms with van der Waals surface area (Å²) in [6, 6.07) is 21.9. The zero-order valence-electron chi connectivity index (χ0n) is 12.2. The summed E-state index contributed by atoms with van der Waals surface area (Å²) >= 11 is 1.95. The molecule has 1 saturated heterocycles. The molecule has 1 heterocycles. The lowest BCUT2D eigenvalue weighted by molar-refractivity contribution is 0.211. The predicted octanol–water partition coefficient (Wildman–Crippen LogP) is 3.43. The van der Waals surface area contributed by atoms with Gasteiger partial charge in [-0.3, -0.25) is 4.90 Å². The lowest BCUT2D eigenvalue weighted by Crippen LogP contribution is -2.46. The van der Waals surface area contributed by atoms with Crippen LogP contribution in [0.25, 0.3) is 0 Å². The van der Waals surface area contributed by atoms with Crippen molar-refractivity contribution in [1.29, 1.82) is 0 Å². The van der Waals surface area contributed by atoms with Crippen LogP contribution in [-0.2, 0) is 0 Å². The monoisotopic (exact) mass is 298 g/mol. The Bertz CT molecular complexity index is 529. The van der Waals surface area contributed by atoms with E-state index in [9.17, 15) is 0 Å². The number of hydrogen-bond donors (Lipinski definition) is 1. The van der Waals surface area contributed by atoms with Crippen LogP contribution in [0.2, 0.25) is 0 Å². The van der Waals surface area contributed by atoms with Gasteiger partial charge in [-0.05, 0) is 17.7 Å². The molecule has 0 bridgehead atoms. The first kappa shape index (κ1) is 14.6. The molecule has 2 nitrogen and oxygen atoms in total. The minimum Gasteiger partial charge on any atom is -0.308 e. The summed E-state index contributed by atoms with van der Waals surface area (Å²) in [7, 11) is 0. The van der Waals surface area contributed by atoms with Gasteiger partial charge in [0, 0.05) is 42.9 Å². The van der Waals surface area contributed by atoms with Gasteiger partial charge < -0.3 is 5.32 Å². The Morgan fingerprint density at radius 3 is 2.48 bits per heavy atom. The molecule has 1 aliphatic heterocycles. The predicted molar refractivity (Wildman–Crippen MR) is 90.8 cm³/mol. The highest BCUT2D eigenvalue weighted by molar-refractivity contribution is 7.99. The van der Waals surface area contributed by atoms with E-state index in [2.05, 4.69) is 70.9 Å². The molecule has 0 spiro atoms. The number of nitrogens with one attached hydrogen (secondary N) is 1. The number of benzene rings is 2. The zero-order valence-corrected chi connectivity index (χ0v) is 13.1. The molecule has 1 N–H and O–H groups in total. The molecule has 3 heteroatoms. The minimum atomic E-state index is 0.474. The molecule has 3 rings (SSSR count). The number of rotatable bonds is 5. The van der Waals surface area contributed by atoms with Crippen LogP contribution in [0.15, 0.2) is 65.6 Å². The molecule has 0 saturated carbocycles. The van der Waals surface area contributed by atoms with Crippen LogP contribution in [0.4, 0.5) is 0 Å². The fourth-order valence-corrected chi connectivity index (χ4v) is 3.67. The molecule has 0 amide bonds. The largest absolute Gasteiger partial charge is 0.308 e. The average molecular weight is 298 g/mol. The van der Waals surface area contributed by atoms with Gasteiger partial charge in [-0.1, -0.05) is 48.5 Å². The Labute approximate surface area is 131 Å². The van der Waals surface area contributed by atoms with E-state index in [1.807, 2.05) is 11.8 Å². The zero-order chi connectivity index (χ0) is 14.3. The van der Waals surface area contributed by atoms with Crippen molar-refractivity contribution in [2.75, 3.05) is 31.9 Å². The van der Waals surface area contributed by atoms with Crippen molar-refractivity contribution in [2.45, 2.75) is 10.9 Å². The molecule has 2 aromatic carbocycles. The van der Waals surface area contributed by atoms with Crippen molar-refractivity contribution in [2.24, 2.45) is 0 Å². The number of nitrogens with zero attached hydrogens (tertiary/aromatic N) is 1. The van der Waals surface area contributed by atoms with E-state index < -0.39 is 0 Å². The maximum Gasteiger partial charge on any atom is 0.0449 e. The summed E-state index contributed by atoms with van der Waals surface area (Å²) in [5, 5.41) is 3.63. The highest BCUT2D eigenvalue weighted by Crippen LogP contribution is 2.19. The number of piperazine rings is 1. The van der Waals surface area contributed by atoms with Crippen LogP contribution < -0.4 is 5.32 Å². The van der Waals surface area contributed by atoms with Gasteiger partial charge in [-0.25, -0.2) is 0 Å². The van der Waals surface area contributed by atoms with Gasteiger partial charge >= 0.3 is 0 Å². The molecule has 2 aromatic rings. The molecule has 1 aliphatic rings. The van der Waals surface area contributed by atoms with Crippen LogP contribution in [0.5, 0.6) is 0 Å². The van der Waals surface area contributed by atoms with Crippen molar-refractivity contribution in [3.8, 4) is 0 Å². The summed E-state index contributed by atoms with van der Waals surface area (Å²) < 4.78 is 0. The minimum absolute atomic E-state index is 0.474. The Balaban J connectivity index is 1.48. The highest BCUT2D eigenvalue weighted by Gasteiger charge is 2.19. The van der Waals surface area contributed by atoms with E-state index in [1.54, 1.807) is 0 Å². The Kier molecular flexibility index (Phi) is 5.33. The van der Waals surface area contributed by atoms with Crippen LogP contribution in [-0.4, -0.2) is 36.8 Å². The molecule has 0 radical (unpaired) electrons. The second-order valence-corrected chi connectivity index (χ2v) is 6.55. The molecular weight excluding hydrogens is 276 g/mol. The smallest absolute Gasteiger partial charge is 0.0449 e. The molecule has 1 fully saturated rings. The third-order valence-corrected chi connectivity index (χ3v) is 4.87. The Morgan fingerprint density at radius 1 is 1.00 bits per heavy atom. The maximum absolute atomic E-state index is 3.63. The molecule has 0 aromatic heterocycles. The van der Waals surface area contributed by atoms with E-state index in [0.29, 0.717) is 6.04 Å². The van der Waals surface area contributed by atoms with Crippen molar-refractivity contribution in [3.63, 3.8) is 0 Å². The van der Waals surface area contributed by atoms with Crippen LogP contribution >= 0.6 is 11.8 Å². The van der Waals surface area contributed by atoms with Crippen LogP contribution in [0, 0.1) is 0 Å². The number of thioether (sulfide) groups is 1. The van der Waals surface area contributed by atoms with Gasteiger partial charge in [-0.15, -0.1) is 11.8 Å². The van der Waals surface area contributed by atoms with Crippen molar-refractivity contribution in [3.05, 3.63) is 66.2 Å². The van der Waals surface area contributed by atoms with Crippen molar-refractivity contribution in [1.82, 2.24) is 10.2 Å². The quantitative estimate of drug-likeness (QED) is 0.852. The van der Waals surface area contributed by atoms with Gasteiger partial charge in [-0.2, -0.15) is 0 Å². The second kappa shape index (κ2) is 7.64. The molecule has 0 aliphatic carbocycles. The third-order valence-electron chi connectivity index (χ3n) is 3.88.